The van der Waals surface area contributed by atoms with Crippen molar-refractivity contribution < 1.29 is 43.8 Å². The number of hydrogen-bond donors (Lipinski definition) is 4. The van der Waals surface area contributed by atoms with Gasteiger partial charge in [0.25, 0.3) is 0 Å². The lowest BCUT2D eigenvalue weighted by atomic mass is 10.00. The zero-order valence-corrected chi connectivity index (χ0v) is 26.8. The SMILES string of the molecule is CCN(CC)CCCOc1cc(O)c2c(=O)c(O[C@H]3O[C@H](C)[C@@H](O)[C@H](O)[C@@H]3O)c(-c3ccc(OC)cc3)oc2c1CC=C(C)C. The Morgan fingerprint density at radius 3 is 2.36 bits per heavy atom. The van der Waals surface area contributed by atoms with E-state index >= 15 is 0 Å². The van der Waals surface area contributed by atoms with Crippen molar-refractivity contribution in [2.45, 2.75) is 78.2 Å². The minimum Gasteiger partial charge on any atom is -0.507 e. The standard InChI is InChI=1S/C34H45NO10/c1-7-35(8-2)16-9-17-42-25-18-24(36)26-28(38)33(45-34-30(40)29(39)27(37)20(5)43-34)31(21-11-13-22(41-6)14-12-21)44-32(26)23(25)15-10-19(3)4/h10-14,18,20,27,29-30,34,36-37,39-40H,7-9,15-17H2,1-6H3/t20-,27-,29+,30+,34-/m1/s1. The molecule has 1 aliphatic heterocycles. The van der Waals surface area contributed by atoms with Gasteiger partial charge in [-0.3, -0.25) is 4.79 Å². The summed E-state index contributed by atoms with van der Waals surface area (Å²) >= 11 is 0. The van der Waals surface area contributed by atoms with Crippen LogP contribution in [0.2, 0.25) is 0 Å². The molecule has 3 aromatic rings. The Labute approximate surface area is 263 Å². The molecule has 2 aromatic carbocycles. The van der Waals surface area contributed by atoms with Gasteiger partial charge in [0.05, 0.1) is 19.8 Å². The van der Waals surface area contributed by atoms with E-state index in [1.54, 1.807) is 24.3 Å². The predicted molar refractivity (Wildman–Crippen MR) is 170 cm³/mol. The van der Waals surface area contributed by atoms with Crippen LogP contribution in [-0.2, 0) is 11.2 Å². The number of ether oxygens (including phenoxy) is 4. The number of hydrogen-bond acceptors (Lipinski definition) is 11. The summed E-state index contributed by atoms with van der Waals surface area (Å²) in [7, 11) is 1.53. The predicted octanol–water partition coefficient (Wildman–Crippen LogP) is 4.00. The Kier molecular flexibility index (Phi) is 11.5. The van der Waals surface area contributed by atoms with Crippen molar-refractivity contribution in [2.75, 3.05) is 33.4 Å². The zero-order valence-electron chi connectivity index (χ0n) is 26.8. The van der Waals surface area contributed by atoms with E-state index < -0.39 is 36.1 Å². The first-order chi connectivity index (χ1) is 21.5. The van der Waals surface area contributed by atoms with Crippen molar-refractivity contribution in [3.05, 3.63) is 57.8 Å². The van der Waals surface area contributed by atoms with Crippen LogP contribution < -0.4 is 19.6 Å². The number of allylic oxidation sites excluding steroid dienone is 2. The van der Waals surface area contributed by atoms with Gasteiger partial charge in [0.15, 0.2) is 5.76 Å². The third-order valence-electron chi connectivity index (χ3n) is 8.05. The number of aliphatic hydroxyl groups is 3. The number of rotatable bonds is 13. The highest BCUT2D eigenvalue weighted by Gasteiger charge is 2.44. The number of fused-ring (bicyclic) bond motifs is 1. The summed E-state index contributed by atoms with van der Waals surface area (Å²) in [6.45, 7) is 12.8. The number of aromatic hydroxyl groups is 1. The molecular formula is C34H45NO10. The molecule has 1 aliphatic rings. The summed E-state index contributed by atoms with van der Waals surface area (Å²) in [5.41, 5.74) is 1.48. The summed E-state index contributed by atoms with van der Waals surface area (Å²) in [5.74, 6) is 0.272. The second-order valence-corrected chi connectivity index (χ2v) is 11.4. The summed E-state index contributed by atoms with van der Waals surface area (Å²) in [5, 5.41) is 42.3. The first-order valence-electron chi connectivity index (χ1n) is 15.3. The maximum absolute atomic E-state index is 14.2. The average Bonchev–Trinajstić information content (AvgIpc) is 3.03. The normalized spacial score (nSPS) is 21.6. The lowest BCUT2D eigenvalue weighted by Crippen LogP contribution is -2.58. The highest BCUT2D eigenvalue weighted by Crippen LogP contribution is 2.41. The molecule has 45 heavy (non-hydrogen) atoms. The summed E-state index contributed by atoms with van der Waals surface area (Å²) < 4.78 is 29.5. The summed E-state index contributed by atoms with van der Waals surface area (Å²) in [6, 6.07) is 8.15. The molecule has 2 heterocycles. The van der Waals surface area contributed by atoms with E-state index in [0.29, 0.717) is 35.7 Å². The molecular weight excluding hydrogens is 582 g/mol. The molecule has 4 rings (SSSR count). The molecule has 11 nitrogen and oxygen atoms in total. The fourth-order valence-corrected chi connectivity index (χ4v) is 5.26. The molecule has 1 saturated heterocycles. The second kappa shape index (κ2) is 15.1. The summed E-state index contributed by atoms with van der Waals surface area (Å²) in [6.07, 6.45) is -3.94. The van der Waals surface area contributed by atoms with Crippen molar-refractivity contribution in [2.24, 2.45) is 0 Å². The summed E-state index contributed by atoms with van der Waals surface area (Å²) in [4.78, 5) is 16.5. The molecule has 1 aromatic heterocycles. The molecule has 246 valence electrons. The van der Waals surface area contributed by atoms with Crippen molar-refractivity contribution in [3.63, 3.8) is 0 Å². The third-order valence-corrected chi connectivity index (χ3v) is 8.05. The topological polar surface area (TPSA) is 151 Å². The monoisotopic (exact) mass is 627 g/mol. The van der Waals surface area contributed by atoms with Gasteiger partial charge in [0.1, 0.15) is 46.5 Å². The molecule has 0 bridgehead atoms. The molecule has 0 saturated carbocycles. The van der Waals surface area contributed by atoms with E-state index in [1.807, 2.05) is 19.9 Å². The van der Waals surface area contributed by atoms with Gasteiger partial charge in [-0.2, -0.15) is 0 Å². The molecule has 11 heteroatoms. The van der Waals surface area contributed by atoms with E-state index in [1.165, 1.54) is 20.1 Å². The van der Waals surface area contributed by atoms with Crippen molar-refractivity contribution in [1.82, 2.24) is 4.90 Å². The Hall–Kier alpha value is -3.61. The zero-order chi connectivity index (χ0) is 32.8. The van der Waals surface area contributed by atoms with Crippen LogP contribution in [0.5, 0.6) is 23.0 Å². The maximum Gasteiger partial charge on any atom is 0.239 e. The van der Waals surface area contributed by atoms with Crippen LogP contribution in [-0.4, -0.2) is 89.4 Å². The van der Waals surface area contributed by atoms with E-state index in [9.17, 15) is 25.2 Å². The largest absolute Gasteiger partial charge is 0.507 e. The first kappa shape index (κ1) is 34.3. The number of benzene rings is 2. The van der Waals surface area contributed by atoms with Crippen LogP contribution in [0.3, 0.4) is 0 Å². The van der Waals surface area contributed by atoms with Crippen molar-refractivity contribution >= 4 is 11.0 Å². The van der Waals surface area contributed by atoms with Gasteiger partial charge in [0.2, 0.25) is 17.5 Å². The van der Waals surface area contributed by atoms with Gasteiger partial charge < -0.3 is 48.7 Å². The van der Waals surface area contributed by atoms with E-state index in [4.69, 9.17) is 23.4 Å². The molecule has 0 spiro atoms. The molecule has 0 unspecified atom stereocenters. The van der Waals surface area contributed by atoms with E-state index in [0.717, 1.165) is 31.6 Å². The molecule has 0 aliphatic carbocycles. The smallest absolute Gasteiger partial charge is 0.239 e. The Balaban J connectivity index is 1.88. The van der Waals surface area contributed by atoms with Crippen LogP contribution >= 0.6 is 0 Å². The quantitative estimate of drug-likeness (QED) is 0.161. The van der Waals surface area contributed by atoms with Crippen LogP contribution in [0, 0.1) is 0 Å². The molecule has 0 amide bonds. The first-order valence-corrected chi connectivity index (χ1v) is 15.3. The van der Waals surface area contributed by atoms with Gasteiger partial charge in [-0.25, -0.2) is 0 Å². The highest BCUT2D eigenvalue weighted by atomic mass is 16.7. The van der Waals surface area contributed by atoms with Crippen LogP contribution in [0.1, 0.15) is 46.6 Å². The fraction of sp³-hybridized carbons (Fsp3) is 0.500. The molecule has 1 fully saturated rings. The van der Waals surface area contributed by atoms with Crippen molar-refractivity contribution in [3.8, 4) is 34.3 Å². The Morgan fingerprint density at radius 2 is 1.73 bits per heavy atom. The number of phenolic OH excluding ortho intramolecular Hbond substituents is 1. The van der Waals surface area contributed by atoms with Gasteiger partial charge in [-0.15, -0.1) is 0 Å². The Morgan fingerprint density at radius 1 is 1.04 bits per heavy atom. The molecule has 0 radical (unpaired) electrons. The third kappa shape index (κ3) is 7.62. The van der Waals surface area contributed by atoms with Crippen LogP contribution in [0.25, 0.3) is 22.3 Å². The Bertz CT molecular complexity index is 1520. The minimum absolute atomic E-state index is 0.00995. The van der Waals surface area contributed by atoms with Crippen molar-refractivity contribution in [1.29, 1.82) is 0 Å². The number of phenols is 1. The van der Waals surface area contributed by atoms with Gasteiger partial charge in [0, 0.05) is 23.7 Å². The highest BCUT2D eigenvalue weighted by molar-refractivity contribution is 5.91. The number of methoxy groups -OCH3 is 1. The second-order valence-electron chi connectivity index (χ2n) is 11.4. The average molecular weight is 628 g/mol. The lowest BCUT2D eigenvalue weighted by molar-refractivity contribution is -0.268. The van der Waals surface area contributed by atoms with E-state index in [-0.39, 0.29) is 28.2 Å². The minimum atomic E-state index is -1.68. The van der Waals surface area contributed by atoms with E-state index in [2.05, 4.69) is 18.7 Å². The van der Waals surface area contributed by atoms with Gasteiger partial charge in [-0.1, -0.05) is 25.5 Å². The lowest BCUT2D eigenvalue weighted by Gasteiger charge is -2.38. The molecule has 4 N–H and O–H groups in total. The maximum atomic E-state index is 14.2. The van der Waals surface area contributed by atoms with Crippen LogP contribution in [0.4, 0.5) is 0 Å². The number of nitrogens with zero attached hydrogens (tertiary/aromatic N) is 1. The fourth-order valence-electron chi connectivity index (χ4n) is 5.26. The van der Waals surface area contributed by atoms with Crippen LogP contribution in [0.15, 0.2) is 51.2 Å². The molecule has 5 atom stereocenters. The van der Waals surface area contributed by atoms with Gasteiger partial charge in [-0.05, 0) is 71.0 Å². The number of aliphatic hydroxyl groups excluding tert-OH is 3. The van der Waals surface area contributed by atoms with Gasteiger partial charge >= 0.3 is 0 Å².